The summed E-state index contributed by atoms with van der Waals surface area (Å²) in [6.45, 7) is 4.46. The molecule has 1 fully saturated rings. The Morgan fingerprint density at radius 2 is 1.95 bits per heavy atom. The smallest absolute Gasteiger partial charge is 0.147 e. The highest BCUT2D eigenvalue weighted by Gasteiger charge is 2.14. The lowest BCUT2D eigenvalue weighted by Gasteiger charge is -2.26. The molecule has 0 unspecified atom stereocenters. The van der Waals surface area contributed by atoms with Gasteiger partial charge < -0.3 is 16.0 Å². The minimum atomic E-state index is 0.590. The molecule has 21 heavy (non-hydrogen) atoms. The SMILES string of the molecule is Nc1nsc(NCCN2CCCCC2)c1-c1ccncc1. The van der Waals surface area contributed by atoms with Gasteiger partial charge in [0.2, 0.25) is 0 Å². The topological polar surface area (TPSA) is 67.1 Å². The molecule has 1 saturated heterocycles. The van der Waals surface area contributed by atoms with Crippen molar-refractivity contribution in [1.29, 1.82) is 0 Å². The maximum Gasteiger partial charge on any atom is 0.147 e. The van der Waals surface area contributed by atoms with Crippen LogP contribution >= 0.6 is 11.5 Å². The molecule has 1 aliphatic rings. The normalized spacial score (nSPS) is 16.0. The van der Waals surface area contributed by atoms with Crippen molar-refractivity contribution in [3.8, 4) is 11.1 Å². The Balaban J connectivity index is 1.63. The number of nitrogens with zero attached hydrogens (tertiary/aromatic N) is 3. The third-order valence-electron chi connectivity index (χ3n) is 3.85. The first kappa shape index (κ1) is 14.3. The lowest BCUT2D eigenvalue weighted by molar-refractivity contribution is 0.237. The van der Waals surface area contributed by atoms with Crippen molar-refractivity contribution in [2.24, 2.45) is 0 Å². The number of hydrogen-bond donors (Lipinski definition) is 2. The molecule has 3 N–H and O–H groups in total. The molecule has 0 bridgehead atoms. The summed E-state index contributed by atoms with van der Waals surface area (Å²) in [5, 5.41) is 4.55. The van der Waals surface area contributed by atoms with E-state index in [1.807, 2.05) is 12.1 Å². The highest BCUT2D eigenvalue weighted by atomic mass is 32.1. The zero-order valence-corrected chi connectivity index (χ0v) is 12.9. The van der Waals surface area contributed by atoms with E-state index in [9.17, 15) is 0 Å². The molecule has 0 aliphatic carbocycles. The van der Waals surface area contributed by atoms with Crippen molar-refractivity contribution in [2.75, 3.05) is 37.2 Å². The average Bonchev–Trinajstić information content (AvgIpc) is 2.90. The van der Waals surface area contributed by atoms with Crippen LogP contribution in [0.25, 0.3) is 11.1 Å². The molecular weight excluding hydrogens is 282 g/mol. The van der Waals surface area contributed by atoms with Crippen molar-refractivity contribution in [1.82, 2.24) is 14.3 Å². The van der Waals surface area contributed by atoms with Crippen LogP contribution in [0.15, 0.2) is 24.5 Å². The van der Waals surface area contributed by atoms with Crippen LogP contribution in [0.4, 0.5) is 10.8 Å². The van der Waals surface area contributed by atoms with E-state index in [0.29, 0.717) is 5.82 Å². The summed E-state index contributed by atoms with van der Waals surface area (Å²) in [4.78, 5) is 6.57. The van der Waals surface area contributed by atoms with E-state index in [1.54, 1.807) is 12.4 Å². The van der Waals surface area contributed by atoms with Crippen LogP contribution in [0, 0.1) is 0 Å². The Labute approximate surface area is 129 Å². The van der Waals surface area contributed by atoms with Crippen molar-refractivity contribution >= 4 is 22.4 Å². The largest absolute Gasteiger partial charge is 0.382 e. The number of piperidine rings is 1. The third-order valence-corrected chi connectivity index (χ3v) is 4.67. The van der Waals surface area contributed by atoms with Crippen LogP contribution in [-0.4, -0.2) is 40.4 Å². The maximum absolute atomic E-state index is 6.02. The highest BCUT2D eigenvalue weighted by Crippen LogP contribution is 2.36. The second-order valence-electron chi connectivity index (χ2n) is 5.34. The zero-order valence-electron chi connectivity index (χ0n) is 12.1. The molecule has 2 aromatic heterocycles. The van der Waals surface area contributed by atoms with Crippen molar-refractivity contribution < 1.29 is 0 Å². The van der Waals surface area contributed by atoms with Gasteiger partial charge in [-0.05, 0) is 55.2 Å². The van der Waals surface area contributed by atoms with E-state index in [0.717, 1.165) is 29.2 Å². The predicted octanol–water partition coefficient (Wildman–Crippen LogP) is 2.69. The van der Waals surface area contributed by atoms with Gasteiger partial charge in [0.25, 0.3) is 0 Å². The number of aromatic nitrogens is 2. The average molecular weight is 303 g/mol. The standard InChI is InChI=1S/C15H21N5S/c16-14-13(12-4-6-17-7-5-12)15(21-19-14)18-8-11-20-9-2-1-3-10-20/h4-7,18H,1-3,8-11H2,(H2,16,19). The van der Waals surface area contributed by atoms with E-state index in [1.165, 1.54) is 43.9 Å². The van der Waals surface area contributed by atoms with Crippen LogP contribution in [0.2, 0.25) is 0 Å². The molecule has 0 atom stereocenters. The second-order valence-corrected chi connectivity index (χ2v) is 6.11. The molecule has 0 amide bonds. The molecular formula is C15H21N5S. The van der Waals surface area contributed by atoms with Gasteiger partial charge in [0.1, 0.15) is 10.8 Å². The lowest BCUT2D eigenvalue weighted by Crippen LogP contribution is -2.33. The fourth-order valence-electron chi connectivity index (χ4n) is 2.73. The summed E-state index contributed by atoms with van der Waals surface area (Å²) >= 11 is 1.43. The van der Waals surface area contributed by atoms with Crippen molar-refractivity contribution in [3.63, 3.8) is 0 Å². The third kappa shape index (κ3) is 3.51. The van der Waals surface area contributed by atoms with Gasteiger partial charge in [-0.25, -0.2) is 0 Å². The number of pyridine rings is 1. The van der Waals surface area contributed by atoms with E-state index in [-0.39, 0.29) is 0 Å². The van der Waals surface area contributed by atoms with Crippen LogP contribution in [0.1, 0.15) is 19.3 Å². The highest BCUT2D eigenvalue weighted by molar-refractivity contribution is 7.11. The first-order valence-corrected chi connectivity index (χ1v) is 8.24. The fourth-order valence-corrected chi connectivity index (χ4v) is 3.49. The van der Waals surface area contributed by atoms with Gasteiger partial charge in [-0.15, -0.1) is 0 Å². The minimum Gasteiger partial charge on any atom is -0.382 e. The Morgan fingerprint density at radius 1 is 1.19 bits per heavy atom. The number of nitrogens with one attached hydrogen (secondary N) is 1. The summed E-state index contributed by atoms with van der Waals surface area (Å²) < 4.78 is 4.28. The molecule has 5 nitrogen and oxygen atoms in total. The number of anilines is 2. The molecule has 0 spiro atoms. The van der Waals surface area contributed by atoms with E-state index >= 15 is 0 Å². The van der Waals surface area contributed by atoms with Gasteiger partial charge in [0, 0.05) is 25.5 Å². The monoisotopic (exact) mass is 303 g/mol. The molecule has 6 heteroatoms. The summed E-state index contributed by atoms with van der Waals surface area (Å²) in [7, 11) is 0. The van der Waals surface area contributed by atoms with Gasteiger partial charge in [-0.1, -0.05) is 6.42 Å². The molecule has 112 valence electrons. The van der Waals surface area contributed by atoms with E-state index in [2.05, 4.69) is 19.6 Å². The van der Waals surface area contributed by atoms with Crippen LogP contribution in [0.3, 0.4) is 0 Å². The Hall–Kier alpha value is -1.66. The van der Waals surface area contributed by atoms with E-state index in [4.69, 9.17) is 5.73 Å². The van der Waals surface area contributed by atoms with Gasteiger partial charge >= 0.3 is 0 Å². The van der Waals surface area contributed by atoms with Gasteiger partial charge in [0.15, 0.2) is 0 Å². The van der Waals surface area contributed by atoms with Gasteiger partial charge in [-0.3, -0.25) is 4.98 Å². The first-order valence-electron chi connectivity index (χ1n) is 7.46. The van der Waals surface area contributed by atoms with Crippen LogP contribution in [-0.2, 0) is 0 Å². The Morgan fingerprint density at radius 3 is 2.71 bits per heavy atom. The molecule has 0 aromatic carbocycles. The fraction of sp³-hybridized carbons (Fsp3) is 0.467. The molecule has 0 saturated carbocycles. The van der Waals surface area contributed by atoms with E-state index < -0.39 is 0 Å². The Bertz CT molecular complexity index is 563. The minimum absolute atomic E-state index is 0.590. The molecule has 3 heterocycles. The number of nitrogens with two attached hydrogens (primary N) is 1. The summed E-state index contributed by atoms with van der Waals surface area (Å²) in [5.74, 6) is 0.590. The maximum atomic E-state index is 6.02. The zero-order chi connectivity index (χ0) is 14.5. The number of hydrogen-bond acceptors (Lipinski definition) is 6. The predicted molar refractivity (Wildman–Crippen MR) is 88.5 cm³/mol. The number of rotatable bonds is 5. The van der Waals surface area contributed by atoms with Crippen LogP contribution < -0.4 is 11.1 Å². The lowest BCUT2D eigenvalue weighted by atomic mass is 10.1. The summed E-state index contributed by atoms with van der Waals surface area (Å²) in [6, 6.07) is 3.94. The molecule has 0 radical (unpaired) electrons. The Kier molecular flexibility index (Phi) is 4.67. The van der Waals surface area contributed by atoms with Gasteiger partial charge in [-0.2, -0.15) is 4.37 Å². The van der Waals surface area contributed by atoms with Crippen molar-refractivity contribution in [3.05, 3.63) is 24.5 Å². The number of likely N-dealkylation sites (tertiary alicyclic amines) is 1. The van der Waals surface area contributed by atoms with Crippen molar-refractivity contribution in [2.45, 2.75) is 19.3 Å². The number of nitrogen functional groups attached to an aromatic ring is 1. The van der Waals surface area contributed by atoms with Gasteiger partial charge in [0.05, 0.1) is 5.56 Å². The quantitative estimate of drug-likeness (QED) is 0.889. The summed E-state index contributed by atoms with van der Waals surface area (Å²) in [5.41, 5.74) is 8.08. The second kappa shape index (κ2) is 6.87. The molecule has 2 aromatic rings. The molecule has 3 rings (SSSR count). The first-order chi connectivity index (χ1) is 10.3. The van der Waals surface area contributed by atoms with Crippen LogP contribution in [0.5, 0.6) is 0 Å². The summed E-state index contributed by atoms with van der Waals surface area (Å²) in [6.07, 6.45) is 7.60. The molecule has 1 aliphatic heterocycles.